The molecule has 0 bridgehead atoms. The van der Waals surface area contributed by atoms with Crippen LogP contribution in [0, 0.1) is 0 Å². The van der Waals surface area contributed by atoms with Gasteiger partial charge in [-0.25, -0.2) is 14.8 Å². The standard InChI is InChI=1S/C16H26N8O/c1-17-10-4-6-16(18-2,19-3)8-12(10)23-15(25)24-13-9-21-14-11(22-13)5-7-20-14/h5,7,9-10,12,17-19H,4,6,8H2,1-3H3,(H,20,21)(H2,22,23,24,25). The summed E-state index contributed by atoms with van der Waals surface area (Å²) in [6.07, 6.45) is 6.03. The highest BCUT2D eigenvalue weighted by Gasteiger charge is 2.39. The highest BCUT2D eigenvalue weighted by Crippen LogP contribution is 2.26. The average Bonchev–Trinajstić information content (AvgIpc) is 3.09. The second kappa shape index (κ2) is 7.34. The SMILES string of the molecule is CNC1CCC(NC)(NC)CC1NC(=O)Nc1cnc2[nH]ccc2n1. The van der Waals surface area contributed by atoms with Crippen LogP contribution >= 0.6 is 0 Å². The lowest BCUT2D eigenvalue weighted by molar-refractivity contribution is 0.149. The van der Waals surface area contributed by atoms with Crippen LogP contribution in [0.25, 0.3) is 11.2 Å². The van der Waals surface area contributed by atoms with Gasteiger partial charge in [0.15, 0.2) is 11.5 Å². The Morgan fingerprint density at radius 3 is 2.80 bits per heavy atom. The topological polar surface area (TPSA) is 119 Å². The van der Waals surface area contributed by atoms with Crippen molar-refractivity contribution >= 4 is 23.0 Å². The Kier molecular flexibility index (Phi) is 5.16. The first kappa shape index (κ1) is 17.6. The third-order valence-corrected chi connectivity index (χ3v) is 5.08. The lowest BCUT2D eigenvalue weighted by Gasteiger charge is -2.44. The van der Waals surface area contributed by atoms with E-state index in [1.807, 2.05) is 27.2 Å². The Bertz CT molecular complexity index is 726. The number of hydrogen-bond donors (Lipinski definition) is 6. The van der Waals surface area contributed by atoms with Crippen molar-refractivity contribution in [3.63, 3.8) is 0 Å². The molecule has 9 heteroatoms. The van der Waals surface area contributed by atoms with Gasteiger partial charge in [0.1, 0.15) is 5.52 Å². The van der Waals surface area contributed by atoms with Crippen molar-refractivity contribution in [1.29, 1.82) is 0 Å². The summed E-state index contributed by atoms with van der Waals surface area (Å²) < 4.78 is 0. The van der Waals surface area contributed by atoms with Gasteiger partial charge in [-0.1, -0.05) is 0 Å². The number of carbonyl (C=O) groups excluding carboxylic acids is 1. The molecule has 2 heterocycles. The molecule has 2 aromatic rings. The lowest BCUT2D eigenvalue weighted by atomic mass is 9.82. The average molecular weight is 346 g/mol. The lowest BCUT2D eigenvalue weighted by Crippen LogP contribution is -2.65. The molecule has 9 nitrogen and oxygen atoms in total. The van der Waals surface area contributed by atoms with E-state index in [2.05, 4.69) is 41.5 Å². The Hall–Kier alpha value is -2.23. The zero-order chi connectivity index (χ0) is 17.9. The number of amides is 2. The molecular formula is C16H26N8O. The van der Waals surface area contributed by atoms with Crippen molar-refractivity contribution in [2.75, 3.05) is 26.5 Å². The number of aromatic amines is 1. The number of aromatic nitrogens is 3. The molecule has 6 N–H and O–H groups in total. The summed E-state index contributed by atoms with van der Waals surface area (Å²) in [6.45, 7) is 0. The second-order valence-electron chi connectivity index (χ2n) is 6.39. The Labute approximate surface area is 146 Å². The van der Waals surface area contributed by atoms with E-state index in [0.29, 0.717) is 17.0 Å². The molecule has 2 amide bonds. The minimum absolute atomic E-state index is 0.0115. The highest BCUT2D eigenvalue weighted by atomic mass is 16.2. The van der Waals surface area contributed by atoms with Crippen molar-refractivity contribution in [3.8, 4) is 0 Å². The number of hydrogen-bond acceptors (Lipinski definition) is 6. The zero-order valence-electron chi connectivity index (χ0n) is 14.8. The van der Waals surface area contributed by atoms with E-state index in [0.717, 1.165) is 19.3 Å². The minimum atomic E-state index is -0.280. The van der Waals surface area contributed by atoms with Gasteiger partial charge in [-0.05, 0) is 40.1 Å². The van der Waals surface area contributed by atoms with Crippen LogP contribution in [0.5, 0.6) is 0 Å². The van der Waals surface area contributed by atoms with Crippen LogP contribution in [-0.2, 0) is 0 Å². The Morgan fingerprint density at radius 2 is 2.08 bits per heavy atom. The van der Waals surface area contributed by atoms with Gasteiger partial charge in [0.05, 0.1) is 11.9 Å². The summed E-state index contributed by atoms with van der Waals surface area (Å²) in [5.74, 6) is 0.426. The second-order valence-corrected chi connectivity index (χ2v) is 6.39. The first-order valence-electron chi connectivity index (χ1n) is 8.52. The monoisotopic (exact) mass is 346 g/mol. The normalized spacial score (nSPS) is 22.7. The molecule has 136 valence electrons. The molecule has 2 atom stereocenters. The molecule has 1 aliphatic carbocycles. The fraction of sp³-hybridized carbons (Fsp3) is 0.562. The van der Waals surface area contributed by atoms with E-state index in [4.69, 9.17) is 0 Å². The summed E-state index contributed by atoms with van der Waals surface area (Å²) in [5.41, 5.74) is 1.24. The van der Waals surface area contributed by atoms with E-state index >= 15 is 0 Å². The Balaban J connectivity index is 1.66. The largest absolute Gasteiger partial charge is 0.345 e. The Morgan fingerprint density at radius 1 is 1.28 bits per heavy atom. The van der Waals surface area contributed by atoms with Crippen molar-refractivity contribution < 1.29 is 4.79 Å². The summed E-state index contributed by atoms with van der Waals surface area (Å²) in [5, 5.41) is 15.8. The van der Waals surface area contributed by atoms with Crippen LogP contribution in [0.4, 0.5) is 10.6 Å². The number of fused-ring (bicyclic) bond motifs is 1. The van der Waals surface area contributed by atoms with Gasteiger partial charge < -0.3 is 26.3 Å². The molecule has 3 rings (SSSR count). The van der Waals surface area contributed by atoms with E-state index < -0.39 is 0 Å². The smallest absolute Gasteiger partial charge is 0.320 e. The molecule has 0 spiro atoms. The van der Waals surface area contributed by atoms with E-state index in [1.54, 1.807) is 12.4 Å². The molecule has 0 radical (unpaired) electrons. The number of likely N-dealkylation sites (N-methyl/N-ethyl adjacent to an activating group) is 1. The third kappa shape index (κ3) is 3.73. The molecule has 0 aromatic carbocycles. The van der Waals surface area contributed by atoms with Crippen molar-refractivity contribution in [2.24, 2.45) is 0 Å². The van der Waals surface area contributed by atoms with Crippen LogP contribution in [-0.4, -0.2) is 59.9 Å². The van der Waals surface area contributed by atoms with Crippen molar-refractivity contribution in [2.45, 2.75) is 37.0 Å². The maximum absolute atomic E-state index is 12.4. The summed E-state index contributed by atoms with van der Waals surface area (Å²) >= 11 is 0. The number of nitrogens with zero attached hydrogens (tertiary/aromatic N) is 2. The zero-order valence-corrected chi connectivity index (χ0v) is 14.8. The van der Waals surface area contributed by atoms with Gasteiger partial charge in [0, 0.05) is 24.7 Å². The van der Waals surface area contributed by atoms with Gasteiger partial charge in [-0.15, -0.1) is 0 Å². The maximum atomic E-state index is 12.4. The van der Waals surface area contributed by atoms with Gasteiger partial charge in [0.2, 0.25) is 0 Å². The van der Waals surface area contributed by atoms with E-state index in [9.17, 15) is 4.79 Å². The van der Waals surface area contributed by atoms with Gasteiger partial charge in [0.25, 0.3) is 0 Å². The highest BCUT2D eigenvalue weighted by molar-refractivity contribution is 5.89. The molecule has 0 aliphatic heterocycles. The molecular weight excluding hydrogens is 320 g/mol. The molecule has 0 saturated heterocycles. The predicted molar refractivity (Wildman–Crippen MR) is 97.4 cm³/mol. The summed E-state index contributed by atoms with van der Waals surface area (Å²) in [7, 11) is 5.80. The van der Waals surface area contributed by atoms with Gasteiger partial charge in [-0.3, -0.25) is 5.32 Å². The predicted octanol–water partition coefficient (Wildman–Crippen LogP) is 0.355. The fourth-order valence-electron chi connectivity index (χ4n) is 3.51. The maximum Gasteiger partial charge on any atom is 0.320 e. The third-order valence-electron chi connectivity index (χ3n) is 5.08. The van der Waals surface area contributed by atoms with Gasteiger partial charge in [-0.2, -0.15) is 0 Å². The quantitative estimate of drug-likeness (QED) is 0.435. The number of urea groups is 1. The molecule has 2 unspecified atom stereocenters. The van der Waals surface area contributed by atoms with Gasteiger partial charge >= 0.3 is 6.03 Å². The van der Waals surface area contributed by atoms with Crippen molar-refractivity contribution in [1.82, 2.24) is 36.2 Å². The van der Waals surface area contributed by atoms with Crippen LogP contribution in [0.1, 0.15) is 19.3 Å². The molecule has 25 heavy (non-hydrogen) atoms. The molecule has 2 aromatic heterocycles. The summed E-state index contributed by atoms with van der Waals surface area (Å²) in [4.78, 5) is 24.0. The molecule has 1 fully saturated rings. The summed E-state index contributed by atoms with van der Waals surface area (Å²) in [6, 6.07) is 1.75. The van der Waals surface area contributed by atoms with Crippen molar-refractivity contribution in [3.05, 3.63) is 18.5 Å². The van der Waals surface area contributed by atoms with Crippen LogP contribution in [0.15, 0.2) is 18.5 Å². The number of anilines is 1. The number of rotatable bonds is 5. The van der Waals surface area contributed by atoms with Crippen LogP contribution in [0.3, 0.4) is 0 Å². The number of carbonyl (C=O) groups is 1. The minimum Gasteiger partial charge on any atom is -0.345 e. The van der Waals surface area contributed by atoms with E-state index in [-0.39, 0.29) is 23.8 Å². The first-order chi connectivity index (χ1) is 12.1. The van der Waals surface area contributed by atoms with Crippen LogP contribution < -0.4 is 26.6 Å². The number of nitrogens with one attached hydrogen (secondary N) is 6. The molecule has 1 saturated carbocycles. The first-order valence-corrected chi connectivity index (χ1v) is 8.52. The van der Waals surface area contributed by atoms with E-state index in [1.165, 1.54) is 0 Å². The fourth-order valence-corrected chi connectivity index (χ4v) is 3.51. The molecule has 1 aliphatic rings. The van der Waals surface area contributed by atoms with Crippen LogP contribution in [0.2, 0.25) is 0 Å². The number of H-pyrrole nitrogens is 1.